The third-order valence-corrected chi connectivity index (χ3v) is 5.23. The van der Waals surface area contributed by atoms with Gasteiger partial charge in [-0.15, -0.1) is 0 Å². The molecule has 1 aromatic heterocycles. The van der Waals surface area contributed by atoms with Gasteiger partial charge in [-0.2, -0.15) is 4.98 Å². The van der Waals surface area contributed by atoms with Gasteiger partial charge < -0.3 is 20.1 Å². The van der Waals surface area contributed by atoms with Crippen LogP contribution in [0.5, 0.6) is 0 Å². The summed E-state index contributed by atoms with van der Waals surface area (Å²) in [4.78, 5) is 11.3. The summed E-state index contributed by atoms with van der Waals surface area (Å²) in [5.74, 6) is 1.98. The Bertz CT molecular complexity index is 797. The highest BCUT2D eigenvalue weighted by Crippen LogP contribution is 2.26. The van der Waals surface area contributed by atoms with E-state index in [0.29, 0.717) is 24.3 Å². The van der Waals surface area contributed by atoms with Crippen molar-refractivity contribution in [1.29, 1.82) is 0 Å². The van der Waals surface area contributed by atoms with Crippen LogP contribution in [0, 0.1) is 6.92 Å². The van der Waals surface area contributed by atoms with E-state index in [1.54, 1.807) is 6.92 Å². The molecule has 0 spiro atoms. The maximum absolute atomic E-state index is 5.01. The van der Waals surface area contributed by atoms with Crippen LogP contribution in [0.4, 0.5) is 5.69 Å². The van der Waals surface area contributed by atoms with Crippen molar-refractivity contribution in [2.24, 2.45) is 4.99 Å². The number of nitrogens with zero attached hydrogens (tertiary/aromatic N) is 4. The maximum Gasteiger partial charge on any atom is 0.223 e. The molecule has 2 heterocycles. The highest BCUT2D eigenvalue weighted by atomic mass is 16.5. The lowest BCUT2D eigenvalue weighted by Gasteiger charge is -2.35. The maximum atomic E-state index is 5.01. The Kier molecular flexibility index (Phi) is 6.77. The van der Waals surface area contributed by atoms with E-state index in [4.69, 9.17) is 4.52 Å². The summed E-state index contributed by atoms with van der Waals surface area (Å²) in [5.41, 5.74) is 2.88. The van der Waals surface area contributed by atoms with Crippen LogP contribution in [-0.2, 0) is 12.0 Å². The van der Waals surface area contributed by atoms with Crippen molar-refractivity contribution in [2.45, 2.75) is 65.5 Å². The van der Waals surface area contributed by atoms with Crippen LogP contribution in [0.25, 0.3) is 0 Å². The van der Waals surface area contributed by atoms with Gasteiger partial charge in [-0.25, -0.2) is 4.99 Å². The number of rotatable bonds is 5. The van der Waals surface area contributed by atoms with E-state index in [0.717, 1.165) is 38.4 Å². The van der Waals surface area contributed by atoms with E-state index < -0.39 is 0 Å². The van der Waals surface area contributed by atoms with Crippen molar-refractivity contribution in [3.05, 3.63) is 41.5 Å². The van der Waals surface area contributed by atoms with Gasteiger partial charge in [-0.1, -0.05) is 38.1 Å². The Balaban J connectivity index is 1.53. The van der Waals surface area contributed by atoms with Gasteiger partial charge >= 0.3 is 0 Å². The van der Waals surface area contributed by atoms with Crippen LogP contribution in [0.1, 0.15) is 57.8 Å². The lowest BCUT2D eigenvalue weighted by Crippen LogP contribution is -2.48. The molecule has 1 aliphatic heterocycles. The molecule has 1 fully saturated rings. The number of anilines is 1. The first-order valence-electron chi connectivity index (χ1n) is 10.5. The van der Waals surface area contributed by atoms with Gasteiger partial charge in [0, 0.05) is 38.3 Å². The number of hydrogen-bond acceptors (Lipinski definition) is 5. The fourth-order valence-corrected chi connectivity index (χ4v) is 3.52. The molecular formula is C22H34N6O. The van der Waals surface area contributed by atoms with E-state index >= 15 is 0 Å². The van der Waals surface area contributed by atoms with E-state index in [1.807, 2.05) is 0 Å². The summed E-state index contributed by atoms with van der Waals surface area (Å²) in [6, 6.07) is 9.44. The van der Waals surface area contributed by atoms with Crippen LogP contribution in [0.3, 0.4) is 0 Å². The predicted molar refractivity (Wildman–Crippen MR) is 117 cm³/mol. The van der Waals surface area contributed by atoms with Gasteiger partial charge in [0.2, 0.25) is 5.89 Å². The number of guanidine groups is 1. The molecule has 2 aromatic rings. The van der Waals surface area contributed by atoms with Crippen LogP contribution >= 0.6 is 0 Å². The van der Waals surface area contributed by atoms with Gasteiger partial charge in [0.25, 0.3) is 0 Å². The highest BCUT2D eigenvalue weighted by molar-refractivity contribution is 5.80. The first-order valence-corrected chi connectivity index (χ1v) is 10.5. The van der Waals surface area contributed by atoms with Crippen molar-refractivity contribution in [2.75, 3.05) is 24.5 Å². The summed E-state index contributed by atoms with van der Waals surface area (Å²) < 4.78 is 5.01. The molecule has 0 saturated carbocycles. The Labute approximate surface area is 174 Å². The highest BCUT2D eigenvalue weighted by Gasteiger charge is 2.21. The number of benzene rings is 1. The summed E-state index contributed by atoms with van der Waals surface area (Å²) >= 11 is 0. The smallest absolute Gasteiger partial charge is 0.223 e. The molecule has 2 N–H and O–H groups in total. The Morgan fingerprint density at radius 2 is 1.90 bits per heavy atom. The van der Waals surface area contributed by atoms with Crippen molar-refractivity contribution >= 4 is 11.6 Å². The molecule has 0 aliphatic carbocycles. The Morgan fingerprint density at radius 3 is 2.45 bits per heavy atom. The van der Waals surface area contributed by atoms with Gasteiger partial charge in [0.05, 0.1) is 0 Å². The zero-order valence-electron chi connectivity index (χ0n) is 18.3. The molecule has 0 unspecified atom stereocenters. The SMILES string of the molecule is CCNC(=NCc1noc(C)n1)NC1CCN(c2ccc(C(C)(C)C)cc2)CC1. The minimum absolute atomic E-state index is 0.192. The minimum atomic E-state index is 0.192. The van der Waals surface area contributed by atoms with Crippen molar-refractivity contribution in [1.82, 2.24) is 20.8 Å². The zero-order valence-corrected chi connectivity index (χ0v) is 18.3. The minimum Gasteiger partial charge on any atom is -0.371 e. The number of piperidine rings is 1. The van der Waals surface area contributed by atoms with Crippen LogP contribution in [0.15, 0.2) is 33.8 Å². The molecule has 3 rings (SSSR count). The van der Waals surface area contributed by atoms with Crippen LogP contribution < -0.4 is 15.5 Å². The number of aliphatic imine (C=N–C) groups is 1. The second kappa shape index (κ2) is 9.29. The molecule has 7 heteroatoms. The summed E-state index contributed by atoms with van der Waals surface area (Å²) in [7, 11) is 0. The van der Waals surface area contributed by atoms with E-state index in [1.165, 1.54) is 11.3 Å². The molecule has 1 saturated heterocycles. The molecule has 1 aromatic carbocycles. The third kappa shape index (κ3) is 5.95. The van der Waals surface area contributed by atoms with Crippen molar-refractivity contribution in [3.63, 3.8) is 0 Å². The van der Waals surface area contributed by atoms with Gasteiger partial charge in [-0.3, -0.25) is 0 Å². The second-order valence-corrected chi connectivity index (χ2v) is 8.63. The first-order chi connectivity index (χ1) is 13.8. The lowest BCUT2D eigenvalue weighted by atomic mass is 9.87. The standard InChI is InChI=1S/C22H34N6O/c1-6-23-21(24-15-20-25-16(2)29-27-20)26-18-11-13-28(14-12-18)19-9-7-17(8-10-19)22(3,4)5/h7-10,18H,6,11-15H2,1-5H3,(H2,23,24,26). The summed E-state index contributed by atoms with van der Waals surface area (Å²) in [6.07, 6.45) is 2.15. The Morgan fingerprint density at radius 1 is 1.21 bits per heavy atom. The fourth-order valence-electron chi connectivity index (χ4n) is 3.52. The number of nitrogens with one attached hydrogen (secondary N) is 2. The predicted octanol–water partition coefficient (Wildman–Crippen LogP) is 3.40. The Hall–Kier alpha value is -2.57. The largest absolute Gasteiger partial charge is 0.371 e. The molecule has 1 aliphatic rings. The number of aryl methyl sites for hydroxylation is 1. The van der Waals surface area contributed by atoms with Crippen LogP contribution in [-0.4, -0.2) is 41.8 Å². The molecule has 0 bridgehead atoms. The third-order valence-electron chi connectivity index (χ3n) is 5.23. The first kappa shape index (κ1) is 21.1. The average Bonchev–Trinajstić information content (AvgIpc) is 3.11. The summed E-state index contributed by atoms with van der Waals surface area (Å²) in [5, 5.41) is 10.8. The van der Waals surface area contributed by atoms with E-state index in [2.05, 4.69) is 82.6 Å². The lowest BCUT2D eigenvalue weighted by molar-refractivity contribution is 0.387. The molecule has 29 heavy (non-hydrogen) atoms. The van der Waals surface area contributed by atoms with E-state index in [-0.39, 0.29) is 5.41 Å². The summed E-state index contributed by atoms with van der Waals surface area (Å²) in [6.45, 7) is 13.9. The van der Waals surface area contributed by atoms with E-state index in [9.17, 15) is 0 Å². The topological polar surface area (TPSA) is 78.6 Å². The van der Waals surface area contributed by atoms with Gasteiger partial charge in [-0.05, 0) is 42.9 Å². The monoisotopic (exact) mass is 398 g/mol. The quantitative estimate of drug-likeness (QED) is 0.594. The molecule has 0 radical (unpaired) electrons. The number of aromatic nitrogens is 2. The van der Waals surface area contributed by atoms with Crippen LogP contribution in [0.2, 0.25) is 0 Å². The fraction of sp³-hybridized carbons (Fsp3) is 0.591. The van der Waals surface area contributed by atoms with Gasteiger partial charge in [0.15, 0.2) is 11.8 Å². The number of hydrogen-bond donors (Lipinski definition) is 2. The average molecular weight is 399 g/mol. The van der Waals surface area contributed by atoms with Gasteiger partial charge in [0.1, 0.15) is 6.54 Å². The molecule has 0 amide bonds. The molecule has 0 atom stereocenters. The zero-order chi connectivity index (χ0) is 20.9. The van der Waals surface area contributed by atoms with Crippen molar-refractivity contribution < 1.29 is 4.52 Å². The second-order valence-electron chi connectivity index (χ2n) is 8.63. The molecule has 7 nitrogen and oxygen atoms in total. The molecular weight excluding hydrogens is 364 g/mol. The van der Waals surface area contributed by atoms with Crippen molar-refractivity contribution in [3.8, 4) is 0 Å². The normalized spacial score (nSPS) is 16.2. The molecule has 158 valence electrons.